The SMILES string of the molecule is N#Cc1cccnc1N1CCN(c2ncnc3c(F)cccc23)CC1. The molecule has 0 unspecified atom stereocenters. The van der Waals surface area contributed by atoms with Crippen molar-refractivity contribution in [2.24, 2.45) is 0 Å². The van der Waals surface area contributed by atoms with Gasteiger partial charge in [0.05, 0.1) is 5.56 Å². The van der Waals surface area contributed by atoms with Crippen molar-refractivity contribution in [3.63, 3.8) is 0 Å². The lowest BCUT2D eigenvalue weighted by Gasteiger charge is -2.36. The fraction of sp³-hybridized carbons (Fsp3) is 0.222. The first-order valence-electron chi connectivity index (χ1n) is 8.02. The molecule has 0 radical (unpaired) electrons. The molecule has 124 valence electrons. The van der Waals surface area contributed by atoms with Crippen LogP contribution >= 0.6 is 0 Å². The molecule has 6 nitrogen and oxygen atoms in total. The topological polar surface area (TPSA) is 68.9 Å². The Morgan fingerprint density at radius 1 is 0.920 bits per heavy atom. The molecule has 0 atom stereocenters. The first-order chi connectivity index (χ1) is 12.3. The highest BCUT2D eigenvalue weighted by Crippen LogP contribution is 2.26. The van der Waals surface area contributed by atoms with Gasteiger partial charge < -0.3 is 9.80 Å². The first-order valence-corrected chi connectivity index (χ1v) is 8.02. The molecule has 0 aliphatic carbocycles. The van der Waals surface area contributed by atoms with E-state index in [1.165, 1.54) is 12.4 Å². The number of aromatic nitrogens is 3. The van der Waals surface area contributed by atoms with E-state index >= 15 is 0 Å². The summed E-state index contributed by atoms with van der Waals surface area (Å²) in [5.41, 5.74) is 0.914. The van der Waals surface area contributed by atoms with Crippen molar-refractivity contribution in [3.8, 4) is 6.07 Å². The second-order valence-electron chi connectivity index (χ2n) is 5.79. The van der Waals surface area contributed by atoms with E-state index in [2.05, 4.69) is 30.8 Å². The van der Waals surface area contributed by atoms with Crippen molar-refractivity contribution in [2.75, 3.05) is 36.0 Å². The van der Waals surface area contributed by atoms with E-state index in [1.807, 2.05) is 6.07 Å². The van der Waals surface area contributed by atoms with Crippen molar-refractivity contribution in [2.45, 2.75) is 0 Å². The number of halogens is 1. The Morgan fingerprint density at radius 2 is 1.68 bits per heavy atom. The maximum Gasteiger partial charge on any atom is 0.149 e. The molecule has 1 aromatic carbocycles. The van der Waals surface area contributed by atoms with Crippen LogP contribution in [0.3, 0.4) is 0 Å². The molecule has 1 saturated heterocycles. The zero-order valence-corrected chi connectivity index (χ0v) is 13.4. The van der Waals surface area contributed by atoms with Gasteiger partial charge >= 0.3 is 0 Å². The number of benzene rings is 1. The molecule has 7 heteroatoms. The molecule has 0 bridgehead atoms. The smallest absolute Gasteiger partial charge is 0.149 e. The molecule has 1 aliphatic rings. The summed E-state index contributed by atoms with van der Waals surface area (Å²) in [7, 11) is 0. The van der Waals surface area contributed by atoms with Crippen molar-refractivity contribution < 1.29 is 4.39 Å². The lowest BCUT2D eigenvalue weighted by Crippen LogP contribution is -2.47. The molecule has 2 aromatic heterocycles. The predicted molar refractivity (Wildman–Crippen MR) is 92.9 cm³/mol. The second kappa shape index (κ2) is 6.32. The number of nitrogens with zero attached hydrogens (tertiary/aromatic N) is 6. The van der Waals surface area contributed by atoms with Gasteiger partial charge in [-0.05, 0) is 24.3 Å². The largest absolute Gasteiger partial charge is 0.352 e. The molecule has 0 N–H and O–H groups in total. The highest BCUT2D eigenvalue weighted by atomic mass is 19.1. The van der Waals surface area contributed by atoms with Gasteiger partial charge in [-0.1, -0.05) is 6.07 Å². The summed E-state index contributed by atoms with van der Waals surface area (Å²) in [4.78, 5) is 17.0. The molecule has 25 heavy (non-hydrogen) atoms. The summed E-state index contributed by atoms with van der Waals surface area (Å²) in [6.45, 7) is 2.85. The average molecular weight is 334 g/mol. The third-order valence-corrected chi connectivity index (χ3v) is 4.38. The molecule has 0 saturated carbocycles. The summed E-state index contributed by atoms with van der Waals surface area (Å²) in [6.07, 6.45) is 3.10. The number of hydrogen-bond acceptors (Lipinski definition) is 6. The first kappa shape index (κ1) is 15.3. The highest BCUT2D eigenvalue weighted by molar-refractivity contribution is 5.89. The lowest BCUT2D eigenvalue weighted by atomic mass is 10.2. The Kier molecular flexibility index (Phi) is 3.86. The summed E-state index contributed by atoms with van der Waals surface area (Å²) < 4.78 is 13.9. The summed E-state index contributed by atoms with van der Waals surface area (Å²) in [6, 6.07) is 10.6. The summed E-state index contributed by atoms with van der Waals surface area (Å²) in [5.74, 6) is 1.11. The van der Waals surface area contributed by atoms with Crippen LogP contribution in [0.15, 0.2) is 42.9 Å². The predicted octanol–water partition coefficient (Wildman–Crippen LogP) is 2.36. The van der Waals surface area contributed by atoms with E-state index in [9.17, 15) is 9.65 Å². The quantitative estimate of drug-likeness (QED) is 0.717. The molecule has 3 aromatic rings. The molecule has 0 amide bonds. The monoisotopic (exact) mass is 334 g/mol. The Balaban J connectivity index is 1.59. The lowest BCUT2D eigenvalue weighted by molar-refractivity contribution is 0.633. The van der Waals surface area contributed by atoms with Crippen LogP contribution in [-0.4, -0.2) is 41.1 Å². The number of para-hydroxylation sites is 1. The molecular formula is C18H15FN6. The standard InChI is InChI=1S/C18H15FN6/c19-15-5-1-4-14-16(15)22-12-23-18(14)25-9-7-24(8-10-25)17-13(11-20)3-2-6-21-17/h1-6,12H,7-10H2. The maximum absolute atomic E-state index is 13.9. The number of piperazine rings is 1. The van der Waals surface area contributed by atoms with Gasteiger partial charge in [0.2, 0.25) is 0 Å². The van der Waals surface area contributed by atoms with E-state index in [1.54, 1.807) is 24.4 Å². The van der Waals surface area contributed by atoms with Crippen LogP contribution in [0.2, 0.25) is 0 Å². The summed E-state index contributed by atoms with van der Waals surface area (Å²) in [5, 5.41) is 9.96. The minimum absolute atomic E-state index is 0.339. The van der Waals surface area contributed by atoms with Gasteiger partial charge in [-0.25, -0.2) is 19.3 Å². The Labute approximate surface area is 144 Å². The van der Waals surface area contributed by atoms with Crippen LogP contribution in [0, 0.1) is 17.1 Å². The van der Waals surface area contributed by atoms with E-state index in [-0.39, 0.29) is 5.82 Å². The van der Waals surface area contributed by atoms with Crippen LogP contribution in [0.1, 0.15) is 5.56 Å². The zero-order valence-electron chi connectivity index (χ0n) is 13.4. The fourth-order valence-electron chi connectivity index (χ4n) is 3.16. The number of hydrogen-bond donors (Lipinski definition) is 0. The van der Waals surface area contributed by atoms with Gasteiger partial charge in [-0.15, -0.1) is 0 Å². The Morgan fingerprint density at radius 3 is 2.44 bits per heavy atom. The van der Waals surface area contributed by atoms with Crippen LogP contribution in [0.5, 0.6) is 0 Å². The van der Waals surface area contributed by atoms with Gasteiger partial charge in [-0.2, -0.15) is 5.26 Å². The fourth-order valence-corrected chi connectivity index (χ4v) is 3.16. The number of nitriles is 1. The Hall–Kier alpha value is -3.27. The number of pyridine rings is 1. The van der Waals surface area contributed by atoms with Gasteiger partial charge in [0, 0.05) is 37.8 Å². The number of fused-ring (bicyclic) bond motifs is 1. The van der Waals surface area contributed by atoms with E-state index in [0.29, 0.717) is 48.5 Å². The normalized spacial score (nSPS) is 14.6. The van der Waals surface area contributed by atoms with Crippen LogP contribution < -0.4 is 9.80 Å². The van der Waals surface area contributed by atoms with Crippen LogP contribution in [0.25, 0.3) is 10.9 Å². The van der Waals surface area contributed by atoms with E-state index in [0.717, 1.165) is 5.82 Å². The van der Waals surface area contributed by atoms with Crippen LogP contribution in [-0.2, 0) is 0 Å². The highest BCUT2D eigenvalue weighted by Gasteiger charge is 2.22. The van der Waals surface area contributed by atoms with Gasteiger partial charge in [-0.3, -0.25) is 0 Å². The van der Waals surface area contributed by atoms with Gasteiger partial charge in [0.25, 0.3) is 0 Å². The van der Waals surface area contributed by atoms with Crippen molar-refractivity contribution >= 4 is 22.5 Å². The molecule has 4 rings (SSSR count). The summed E-state index contributed by atoms with van der Waals surface area (Å²) >= 11 is 0. The number of rotatable bonds is 2. The van der Waals surface area contributed by atoms with Crippen LogP contribution in [0.4, 0.5) is 16.0 Å². The third kappa shape index (κ3) is 2.72. The van der Waals surface area contributed by atoms with Gasteiger partial charge in [0.15, 0.2) is 0 Å². The maximum atomic E-state index is 13.9. The van der Waals surface area contributed by atoms with E-state index in [4.69, 9.17) is 0 Å². The average Bonchev–Trinajstić information content (AvgIpc) is 2.68. The zero-order chi connectivity index (χ0) is 17.2. The second-order valence-corrected chi connectivity index (χ2v) is 5.79. The molecule has 0 spiro atoms. The third-order valence-electron chi connectivity index (χ3n) is 4.38. The molecule has 1 aliphatic heterocycles. The van der Waals surface area contributed by atoms with Gasteiger partial charge in [0.1, 0.15) is 35.4 Å². The number of anilines is 2. The molecular weight excluding hydrogens is 319 g/mol. The Bertz CT molecular complexity index is 959. The molecule has 1 fully saturated rings. The van der Waals surface area contributed by atoms with Crippen molar-refractivity contribution in [1.29, 1.82) is 5.26 Å². The minimum Gasteiger partial charge on any atom is -0.352 e. The minimum atomic E-state index is -0.341. The van der Waals surface area contributed by atoms with Crippen molar-refractivity contribution in [3.05, 3.63) is 54.2 Å². The van der Waals surface area contributed by atoms with Crippen molar-refractivity contribution in [1.82, 2.24) is 15.0 Å². The molecule has 3 heterocycles. The van der Waals surface area contributed by atoms with E-state index < -0.39 is 0 Å².